The van der Waals surface area contributed by atoms with E-state index < -0.39 is 0 Å². The van der Waals surface area contributed by atoms with Crippen LogP contribution in [0.15, 0.2) is 27.0 Å². The largest absolute Gasteiger partial charge is 0.287 e. The number of hydrogen-bond donors (Lipinski definition) is 0. The predicted octanol–water partition coefficient (Wildman–Crippen LogP) is 3.25. The van der Waals surface area contributed by atoms with Gasteiger partial charge in [-0.25, -0.2) is 0 Å². The van der Waals surface area contributed by atoms with Gasteiger partial charge in [-0.15, -0.1) is 0 Å². The van der Waals surface area contributed by atoms with E-state index in [1.807, 2.05) is 7.05 Å². The summed E-state index contributed by atoms with van der Waals surface area (Å²) < 4.78 is 0. The maximum absolute atomic E-state index is 4.22. The van der Waals surface area contributed by atoms with E-state index >= 15 is 0 Å². The SMILES string of the molecule is CN=C1C=CS/C1=C(/C)C(C)C. The first kappa shape index (κ1) is 9.59. The zero-order valence-corrected chi connectivity index (χ0v) is 8.90. The second kappa shape index (κ2) is 3.94. The van der Waals surface area contributed by atoms with E-state index in [1.54, 1.807) is 11.8 Å². The number of thioether (sulfide) groups is 1. The fourth-order valence-electron chi connectivity index (χ4n) is 1.04. The van der Waals surface area contributed by atoms with Gasteiger partial charge in [-0.2, -0.15) is 0 Å². The molecule has 1 heterocycles. The van der Waals surface area contributed by atoms with E-state index in [1.165, 1.54) is 10.5 Å². The first-order valence-electron chi connectivity index (χ1n) is 4.18. The van der Waals surface area contributed by atoms with Crippen molar-refractivity contribution in [1.82, 2.24) is 0 Å². The lowest BCUT2D eigenvalue weighted by Gasteiger charge is -2.09. The summed E-state index contributed by atoms with van der Waals surface area (Å²) in [5.41, 5.74) is 2.57. The molecule has 0 fully saturated rings. The smallest absolute Gasteiger partial charge is 0.0714 e. The third-order valence-corrected chi connectivity index (χ3v) is 3.15. The second-order valence-electron chi connectivity index (χ2n) is 3.20. The Morgan fingerprint density at radius 3 is 2.67 bits per heavy atom. The third-order valence-electron chi connectivity index (χ3n) is 2.11. The topological polar surface area (TPSA) is 12.4 Å². The molecular formula is C10H15NS. The molecule has 0 aromatic heterocycles. The highest BCUT2D eigenvalue weighted by molar-refractivity contribution is 8.07. The molecule has 0 atom stereocenters. The Hall–Kier alpha value is -0.500. The van der Waals surface area contributed by atoms with Crippen LogP contribution in [0.5, 0.6) is 0 Å². The molecule has 66 valence electrons. The molecule has 1 rings (SSSR count). The Morgan fingerprint density at radius 1 is 1.50 bits per heavy atom. The lowest BCUT2D eigenvalue weighted by atomic mass is 10.0. The number of nitrogens with zero attached hydrogens (tertiary/aromatic N) is 1. The van der Waals surface area contributed by atoms with Crippen molar-refractivity contribution in [2.75, 3.05) is 7.05 Å². The van der Waals surface area contributed by atoms with E-state index in [0.717, 1.165) is 5.71 Å². The summed E-state index contributed by atoms with van der Waals surface area (Å²) in [7, 11) is 1.85. The van der Waals surface area contributed by atoms with Crippen LogP contribution >= 0.6 is 11.8 Å². The Labute approximate surface area is 78.7 Å². The van der Waals surface area contributed by atoms with E-state index in [-0.39, 0.29) is 0 Å². The molecule has 1 aliphatic heterocycles. The van der Waals surface area contributed by atoms with Crippen LogP contribution in [0, 0.1) is 5.92 Å². The van der Waals surface area contributed by atoms with Crippen LogP contribution in [0.2, 0.25) is 0 Å². The number of hydrogen-bond acceptors (Lipinski definition) is 2. The molecule has 0 unspecified atom stereocenters. The Bertz CT molecular complexity index is 259. The van der Waals surface area contributed by atoms with Gasteiger partial charge in [0.1, 0.15) is 0 Å². The van der Waals surface area contributed by atoms with Gasteiger partial charge in [0.05, 0.1) is 5.71 Å². The van der Waals surface area contributed by atoms with Crippen LogP contribution in [0.25, 0.3) is 0 Å². The first-order valence-corrected chi connectivity index (χ1v) is 5.06. The van der Waals surface area contributed by atoms with Gasteiger partial charge < -0.3 is 0 Å². The van der Waals surface area contributed by atoms with Crippen LogP contribution in [-0.2, 0) is 0 Å². The summed E-state index contributed by atoms with van der Waals surface area (Å²) in [4.78, 5) is 5.56. The number of aliphatic imine (C=N–C) groups is 1. The van der Waals surface area contributed by atoms with Crippen molar-refractivity contribution >= 4 is 17.5 Å². The summed E-state index contributed by atoms with van der Waals surface area (Å²) in [6.07, 6.45) is 2.08. The molecule has 0 aromatic carbocycles. The Kier molecular flexibility index (Phi) is 3.15. The highest BCUT2D eigenvalue weighted by Gasteiger charge is 2.13. The Morgan fingerprint density at radius 2 is 2.17 bits per heavy atom. The third kappa shape index (κ3) is 1.81. The molecule has 0 aliphatic carbocycles. The molecule has 0 N–H and O–H groups in total. The van der Waals surface area contributed by atoms with Crippen LogP contribution in [0.3, 0.4) is 0 Å². The van der Waals surface area contributed by atoms with Gasteiger partial charge in [-0.05, 0) is 24.3 Å². The molecule has 0 radical (unpaired) electrons. The second-order valence-corrected chi connectivity index (χ2v) is 4.11. The minimum absolute atomic E-state index is 0.615. The molecule has 0 bridgehead atoms. The van der Waals surface area contributed by atoms with Gasteiger partial charge >= 0.3 is 0 Å². The number of rotatable bonds is 1. The molecule has 1 nitrogen and oxygen atoms in total. The van der Waals surface area contributed by atoms with Gasteiger partial charge in [-0.3, -0.25) is 4.99 Å². The summed E-state index contributed by atoms with van der Waals surface area (Å²) in [6, 6.07) is 0. The maximum atomic E-state index is 4.22. The van der Waals surface area contributed by atoms with Crippen LogP contribution < -0.4 is 0 Å². The molecule has 1 aliphatic rings. The van der Waals surface area contributed by atoms with Crippen LogP contribution in [0.4, 0.5) is 0 Å². The molecule has 0 amide bonds. The first-order chi connectivity index (χ1) is 5.66. The standard InChI is InChI=1S/C10H15NS/c1-7(2)8(3)10-9(11-4)5-6-12-10/h5-7H,1-4H3/b10-8-,11-9?. The van der Waals surface area contributed by atoms with Crippen molar-refractivity contribution in [3.8, 4) is 0 Å². The molecule has 0 spiro atoms. The lowest BCUT2D eigenvalue weighted by Crippen LogP contribution is -1.99. The van der Waals surface area contributed by atoms with Crippen molar-refractivity contribution in [3.05, 3.63) is 22.0 Å². The Balaban J connectivity index is 2.97. The molecule has 0 saturated heterocycles. The monoisotopic (exact) mass is 181 g/mol. The van der Waals surface area contributed by atoms with Gasteiger partial charge in [0, 0.05) is 12.0 Å². The zero-order valence-electron chi connectivity index (χ0n) is 8.09. The van der Waals surface area contributed by atoms with E-state index in [9.17, 15) is 0 Å². The normalized spacial score (nSPS) is 24.2. The fourth-order valence-corrected chi connectivity index (χ4v) is 2.07. The van der Waals surface area contributed by atoms with E-state index in [0.29, 0.717) is 5.92 Å². The minimum Gasteiger partial charge on any atom is -0.287 e. The van der Waals surface area contributed by atoms with Crippen LogP contribution in [0.1, 0.15) is 20.8 Å². The van der Waals surface area contributed by atoms with E-state index in [2.05, 4.69) is 37.2 Å². The maximum Gasteiger partial charge on any atom is 0.0714 e. The van der Waals surface area contributed by atoms with Crippen molar-refractivity contribution in [2.45, 2.75) is 20.8 Å². The number of allylic oxidation sites excluding steroid dienone is 3. The molecule has 0 aromatic rings. The summed E-state index contributed by atoms with van der Waals surface area (Å²) in [6.45, 7) is 6.62. The highest BCUT2D eigenvalue weighted by atomic mass is 32.2. The average Bonchev–Trinajstić information content (AvgIpc) is 2.49. The summed E-state index contributed by atoms with van der Waals surface area (Å²) >= 11 is 1.78. The van der Waals surface area contributed by atoms with E-state index in [4.69, 9.17) is 0 Å². The predicted molar refractivity (Wildman–Crippen MR) is 57.6 cm³/mol. The van der Waals surface area contributed by atoms with Gasteiger partial charge in [0.15, 0.2) is 0 Å². The minimum atomic E-state index is 0.615. The van der Waals surface area contributed by atoms with Crippen molar-refractivity contribution < 1.29 is 0 Å². The molecule has 2 heteroatoms. The van der Waals surface area contributed by atoms with Crippen molar-refractivity contribution in [3.63, 3.8) is 0 Å². The summed E-state index contributed by atoms with van der Waals surface area (Å²) in [5.74, 6) is 0.615. The highest BCUT2D eigenvalue weighted by Crippen LogP contribution is 2.31. The van der Waals surface area contributed by atoms with Crippen LogP contribution in [-0.4, -0.2) is 12.8 Å². The van der Waals surface area contributed by atoms with Crippen molar-refractivity contribution in [1.29, 1.82) is 0 Å². The molecule has 12 heavy (non-hydrogen) atoms. The average molecular weight is 181 g/mol. The quantitative estimate of drug-likeness (QED) is 0.605. The van der Waals surface area contributed by atoms with Gasteiger partial charge in [-0.1, -0.05) is 31.2 Å². The zero-order chi connectivity index (χ0) is 9.14. The van der Waals surface area contributed by atoms with Gasteiger partial charge in [0.2, 0.25) is 0 Å². The summed E-state index contributed by atoms with van der Waals surface area (Å²) in [5, 5.41) is 2.10. The lowest BCUT2D eigenvalue weighted by molar-refractivity contribution is 0.769. The molecule has 0 saturated carbocycles. The fraction of sp³-hybridized carbons (Fsp3) is 0.500. The van der Waals surface area contributed by atoms with Crippen molar-refractivity contribution in [2.24, 2.45) is 10.9 Å². The molecular weight excluding hydrogens is 166 g/mol. The van der Waals surface area contributed by atoms with Gasteiger partial charge in [0.25, 0.3) is 0 Å².